The van der Waals surface area contributed by atoms with Gasteiger partial charge in [-0.05, 0) is 42.5 Å². The van der Waals surface area contributed by atoms with Crippen molar-refractivity contribution in [1.82, 2.24) is 0 Å². The van der Waals surface area contributed by atoms with Crippen molar-refractivity contribution < 1.29 is 39.8 Å². The Labute approximate surface area is 163 Å². The number of fused-ring (bicyclic) bond motifs is 1. The lowest BCUT2D eigenvalue weighted by Gasteiger charge is -2.39. The van der Waals surface area contributed by atoms with Crippen molar-refractivity contribution in [1.29, 1.82) is 0 Å². The third kappa shape index (κ3) is 3.50. The fraction of sp³-hybridized carbons (Fsp3) is 0.650. The molecule has 0 saturated carbocycles. The second-order valence-electron chi connectivity index (χ2n) is 7.68. The third-order valence-electron chi connectivity index (χ3n) is 5.90. The van der Waals surface area contributed by atoms with Crippen molar-refractivity contribution in [3.05, 3.63) is 33.9 Å². The van der Waals surface area contributed by atoms with Gasteiger partial charge >= 0.3 is 0 Å². The van der Waals surface area contributed by atoms with Crippen LogP contribution in [0.4, 0.5) is 0 Å². The van der Waals surface area contributed by atoms with Gasteiger partial charge in [0, 0.05) is 11.5 Å². The van der Waals surface area contributed by atoms with Crippen molar-refractivity contribution >= 4 is 5.78 Å². The molecule has 8 nitrogen and oxygen atoms in total. The van der Waals surface area contributed by atoms with Crippen LogP contribution in [0.25, 0.3) is 0 Å². The zero-order chi connectivity index (χ0) is 20.7. The van der Waals surface area contributed by atoms with Crippen molar-refractivity contribution in [3.8, 4) is 0 Å². The molecule has 3 rings (SSSR count). The summed E-state index contributed by atoms with van der Waals surface area (Å²) in [6.45, 7) is 5.07. The van der Waals surface area contributed by atoms with Gasteiger partial charge < -0.3 is 35.0 Å². The first-order valence-corrected chi connectivity index (χ1v) is 9.46. The molecule has 1 saturated heterocycles. The molecule has 0 spiro atoms. The number of ketones is 1. The quantitative estimate of drug-likeness (QED) is 0.451. The smallest absolute Gasteiger partial charge is 0.186 e. The summed E-state index contributed by atoms with van der Waals surface area (Å²) in [5, 5.41) is 49.2. The Morgan fingerprint density at radius 1 is 1.11 bits per heavy atom. The number of rotatable bonds is 5. The number of carbonyl (C=O) groups is 1. The summed E-state index contributed by atoms with van der Waals surface area (Å²) in [7, 11) is 0. The predicted molar refractivity (Wildman–Crippen MR) is 97.8 cm³/mol. The summed E-state index contributed by atoms with van der Waals surface area (Å²) in [5.41, 5.74) is 3.87. The van der Waals surface area contributed by atoms with Crippen LogP contribution in [-0.2, 0) is 15.9 Å². The fourth-order valence-electron chi connectivity index (χ4n) is 4.12. The lowest BCUT2D eigenvalue weighted by atomic mass is 9.92. The molecule has 0 radical (unpaired) electrons. The lowest BCUT2D eigenvalue weighted by Crippen LogP contribution is -2.59. The van der Waals surface area contributed by atoms with Gasteiger partial charge in [0.25, 0.3) is 0 Å². The van der Waals surface area contributed by atoms with Gasteiger partial charge in [-0.15, -0.1) is 0 Å². The molecule has 1 fully saturated rings. The molecule has 1 heterocycles. The number of carbonyl (C=O) groups excluding carboxylic acids is 1. The Morgan fingerprint density at radius 2 is 1.79 bits per heavy atom. The van der Waals surface area contributed by atoms with E-state index in [1.54, 1.807) is 6.92 Å². The van der Waals surface area contributed by atoms with E-state index >= 15 is 0 Å². The summed E-state index contributed by atoms with van der Waals surface area (Å²) in [4.78, 5) is 12.5. The second kappa shape index (κ2) is 8.16. The summed E-state index contributed by atoms with van der Waals surface area (Å²) in [6.07, 6.45) is -6.93. The molecule has 0 amide bonds. The standard InChI is InChI=1S/C20H28O8/c1-8-6-12-14(16(23)10(3)15(12)22)9(2)11(8)4-5-27-20-19(26)18(25)17(24)13(7-21)28-20/h6,10,13,15,17-22,24-26H,4-5,7H2,1-3H3/t10-,13+,15-,17+,18+,19-,20-/m0/s1. The van der Waals surface area contributed by atoms with E-state index in [4.69, 9.17) is 9.47 Å². The van der Waals surface area contributed by atoms with Crippen molar-refractivity contribution in [2.24, 2.45) is 5.92 Å². The van der Waals surface area contributed by atoms with Crippen molar-refractivity contribution in [3.63, 3.8) is 0 Å². The van der Waals surface area contributed by atoms with Crippen molar-refractivity contribution in [2.45, 2.75) is 64.0 Å². The minimum absolute atomic E-state index is 0.0731. The van der Waals surface area contributed by atoms with Crippen LogP contribution in [0.1, 0.15) is 45.6 Å². The number of hydrogen-bond acceptors (Lipinski definition) is 8. The highest BCUT2D eigenvalue weighted by atomic mass is 16.7. The van der Waals surface area contributed by atoms with E-state index in [2.05, 4.69) is 0 Å². The number of Topliss-reactive ketones (excluding diaryl/α,β-unsaturated/α-hetero) is 1. The minimum Gasteiger partial charge on any atom is -0.394 e. The number of aryl methyl sites for hydroxylation is 1. The van der Waals surface area contributed by atoms with Crippen LogP contribution in [0, 0.1) is 19.8 Å². The highest BCUT2D eigenvalue weighted by Gasteiger charge is 2.44. The molecular formula is C20H28O8. The van der Waals surface area contributed by atoms with E-state index in [0.29, 0.717) is 17.5 Å². The number of benzene rings is 1. The van der Waals surface area contributed by atoms with Gasteiger partial charge in [0.2, 0.25) is 0 Å². The summed E-state index contributed by atoms with van der Waals surface area (Å²) < 4.78 is 10.9. The van der Waals surface area contributed by atoms with E-state index in [1.807, 2.05) is 19.9 Å². The molecular weight excluding hydrogens is 368 g/mol. The summed E-state index contributed by atoms with van der Waals surface area (Å²) in [6, 6.07) is 1.83. The van der Waals surface area contributed by atoms with Crippen LogP contribution in [0.15, 0.2) is 6.07 Å². The summed E-state index contributed by atoms with van der Waals surface area (Å²) in [5.74, 6) is -0.537. The van der Waals surface area contributed by atoms with E-state index in [0.717, 1.165) is 16.7 Å². The SMILES string of the molecule is Cc1cc2c(c(C)c1CCO[C@H]1O[C@H](CO)[C@@H](O)[C@@H](O)[C@@H]1O)C(=O)[C@@H](C)[C@@H]2O. The molecule has 1 aliphatic carbocycles. The zero-order valence-electron chi connectivity index (χ0n) is 16.2. The average Bonchev–Trinajstić information content (AvgIpc) is 2.88. The maximum Gasteiger partial charge on any atom is 0.186 e. The molecule has 1 aromatic carbocycles. The van der Waals surface area contributed by atoms with Gasteiger partial charge in [0.15, 0.2) is 12.1 Å². The first kappa shape index (κ1) is 21.3. The largest absolute Gasteiger partial charge is 0.394 e. The van der Waals surface area contributed by atoms with E-state index in [1.165, 1.54) is 0 Å². The Hall–Kier alpha value is -1.39. The Morgan fingerprint density at radius 3 is 2.43 bits per heavy atom. The number of ether oxygens (including phenoxy) is 2. The predicted octanol–water partition coefficient (Wildman–Crippen LogP) is -0.472. The maximum absolute atomic E-state index is 12.5. The fourth-order valence-corrected chi connectivity index (χ4v) is 4.12. The molecule has 1 aliphatic heterocycles. The lowest BCUT2D eigenvalue weighted by molar-refractivity contribution is -0.300. The van der Waals surface area contributed by atoms with Crippen LogP contribution in [0.3, 0.4) is 0 Å². The van der Waals surface area contributed by atoms with Crippen LogP contribution < -0.4 is 0 Å². The average molecular weight is 396 g/mol. The summed E-state index contributed by atoms with van der Waals surface area (Å²) >= 11 is 0. The number of hydrogen-bond donors (Lipinski definition) is 5. The Kier molecular flexibility index (Phi) is 6.21. The second-order valence-corrected chi connectivity index (χ2v) is 7.68. The van der Waals surface area contributed by atoms with Gasteiger partial charge in [-0.3, -0.25) is 4.79 Å². The van der Waals surface area contributed by atoms with E-state index < -0.39 is 49.3 Å². The third-order valence-corrected chi connectivity index (χ3v) is 5.90. The molecule has 7 atom stereocenters. The highest BCUT2D eigenvalue weighted by Crippen LogP contribution is 2.39. The van der Waals surface area contributed by atoms with Crippen LogP contribution in [0.2, 0.25) is 0 Å². The number of aliphatic hydroxyl groups excluding tert-OH is 5. The highest BCUT2D eigenvalue weighted by molar-refractivity contribution is 6.04. The topological polar surface area (TPSA) is 137 Å². The van der Waals surface area contributed by atoms with Gasteiger partial charge in [0.05, 0.1) is 19.3 Å². The normalized spacial score (nSPS) is 35.3. The van der Waals surface area contributed by atoms with Gasteiger partial charge in [-0.25, -0.2) is 0 Å². The molecule has 0 aromatic heterocycles. The zero-order valence-corrected chi connectivity index (χ0v) is 16.2. The first-order valence-electron chi connectivity index (χ1n) is 9.46. The first-order chi connectivity index (χ1) is 13.2. The van der Waals surface area contributed by atoms with Gasteiger partial charge in [-0.1, -0.05) is 13.0 Å². The van der Waals surface area contributed by atoms with Crippen LogP contribution in [0.5, 0.6) is 0 Å². The number of aliphatic hydroxyl groups is 5. The minimum atomic E-state index is -1.49. The van der Waals surface area contributed by atoms with E-state index in [9.17, 15) is 30.3 Å². The van der Waals surface area contributed by atoms with Gasteiger partial charge in [0.1, 0.15) is 24.4 Å². The monoisotopic (exact) mass is 396 g/mol. The Bertz CT molecular complexity index is 746. The molecule has 156 valence electrons. The van der Waals surface area contributed by atoms with Crippen molar-refractivity contribution in [2.75, 3.05) is 13.2 Å². The maximum atomic E-state index is 12.5. The molecule has 1 aromatic rings. The Balaban J connectivity index is 1.72. The molecule has 2 aliphatic rings. The van der Waals surface area contributed by atoms with Gasteiger partial charge in [-0.2, -0.15) is 0 Å². The molecule has 0 unspecified atom stereocenters. The van der Waals surface area contributed by atoms with E-state index in [-0.39, 0.29) is 12.4 Å². The molecule has 28 heavy (non-hydrogen) atoms. The molecule has 8 heteroatoms. The van der Waals surface area contributed by atoms with Crippen LogP contribution in [-0.4, -0.2) is 75.2 Å². The molecule has 5 N–H and O–H groups in total. The molecule has 0 bridgehead atoms. The van der Waals surface area contributed by atoms with Crippen LogP contribution >= 0.6 is 0 Å².